The van der Waals surface area contributed by atoms with Crippen LogP contribution in [0.4, 0.5) is 4.79 Å². The normalized spacial score (nSPS) is 18.5. The standard InChI is InChI=1S/C31H41N3O5/c1-6-22-15-23(17-25(16-22)37-3)20-32-11-9-31(10-12-32)29-8-7-27-24(18-26(38-4)19-28(27)39-5)21-33(29)30(35)34(31)13-14-36-2/h8,15-19H,6-7,9-14,20-21H2,1-5H3. The summed E-state index contributed by atoms with van der Waals surface area (Å²) in [7, 11) is 6.77. The van der Waals surface area contributed by atoms with Gasteiger partial charge < -0.3 is 23.8 Å². The summed E-state index contributed by atoms with van der Waals surface area (Å²) < 4.78 is 22.2. The summed E-state index contributed by atoms with van der Waals surface area (Å²) in [6.45, 7) is 6.46. The van der Waals surface area contributed by atoms with Gasteiger partial charge in [0.05, 0.1) is 40.0 Å². The van der Waals surface area contributed by atoms with E-state index in [4.69, 9.17) is 18.9 Å². The zero-order valence-electron chi connectivity index (χ0n) is 23.9. The molecule has 0 aromatic heterocycles. The van der Waals surface area contributed by atoms with Gasteiger partial charge in [0.25, 0.3) is 0 Å². The van der Waals surface area contributed by atoms with Crippen LogP contribution >= 0.6 is 0 Å². The number of amides is 2. The maximum atomic E-state index is 14.0. The van der Waals surface area contributed by atoms with Crippen molar-refractivity contribution in [3.8, 4) is 17.2 Å². The molecular formula is C31H41N3O5. The van der Waals surface area contributed by atoms with E-state index in [1.807, 2.05) is 17.0 Å². The number of rotatable bonds is 9. The molecule has 0 bridgehead atoms. The molecule has 2 aromatic rings. The molecule has 2 aromatic carbocycles. The van der Waals surface area contributed by atoms with Gasteiger partial charge in [0.2, 0.25) is 0 Å². The highest BCUT2D eigenvalue weighted by molar-refractivity contribution is 5.83. The molecule has 8 heteroatoms. The smallest absolute Gasteiger partial charge is 0.325 e. The van der Waals surface area contributed by atoms with Gasteiger partial charge in [0.15, 0.2) is 0 Å². The number of urea groups is 1. The van der Waals surface area contributed by atoms with Crippen molar-refractivity contribution in [2.75, 3.05) is 54.7 Å². The van der Waals surface area contributed by atoms with Crippen LogP contribution in [0.2, 0.25) is 0 Å². The SMILES string of the molecule is CCc1cc(CN2CCC3(CC2)C2=CCc4c(cc(OC)cc4OC)CN2C(=O)N3CCOC)cc(OC)c1. The lowest BCUT2D eigenvalue weighted by molar-refractivity contribution is 0.0670. The number of ether oxygens (including phenoxy) is 4. The fourth-order valence-corrected chi connectivity index (χ4v) is 6.49. The first kappa shape index (κ1) is 27.3. The summed E-state index contributed by atoms with van der Waals surface area (Å²) in [4.78, 5) is 20.5. The summed E-state index contributed by atoms with van der Waals surface area (Å²) in [6, 6.07) is 10.6. The minimum Gasteiger partial charge on any atom is -0.497 e. The second-order valence-corrected chi connectivity index (χ2v) is 10.6. The Hall–Kier alpha value is -3.23. The third-order valence-corrected chi connectivity index (χ3v) is 8.58. The van der Waals surface area contributed by atoms with Crippen molar-refractivity contribution >= 4 is 6.03 Å². The Morgan fingerprint density at radius 1 is 0.897 bits per heavy atom. The quantitative estimate of drug-likeness (QED) is 0.467. The molecule has 3 heterocycles. The van der Waals surface area contributed by atoms with Crippen LogP contribution in [0.1, 0.15) is 42.0 Å². The molecule has 8 nitrogen and oxygen atoms in total. The number of hydrogen-bond acceptors (Lipinski definition) is 6. The van der Waals surface area contributed by atoms with Crippen molar-refractivity contribution < 1.29 is 23.7 Å². The molecule has 3 aliphatic heterocycles. The van der Waals surface area contributed by atoms with E-state index in [1.54, 1.807) is 28.4 Å². The molecule has 0 atom stereocenters. The van der Waals surface area contributed by atoms with E-state index < -0.39 is 0 Å². The fourth-order valence-electron chi connectivity index (χ4n) is 6.49. The van der Waals surface area contributed by atoms with Crippen LogP contribution in [0.5, 0.6) is 17.2 Å². The van der Waals surface area contributed by atoms with E-state index in [-0.39, 0.29) is 11.6 Å². The van der Waals surface area contributed by atoms with Gasteiger partial charge in [-0.2, -0.15) is 0 Å². The second-order valence-electron chi connectivity index (χ2n) is 10.6. The maximum Gasteiger partial charge on any atom is 0.325 e. The second kappa shape index (κ2) is 11.5. The molecule has 0 N–H and O–H groups in total. The largest absolute Gasteiger partial charge is 0.497 e. The number of fused-ring (bicyclic) bond motifs is 3. The molecule has 0 aliphatic carbocycles. The summed E-state index contributed by atoms with van der Waals surface area (Å²) in [5.74, 6) is 2.46. The van der Waals surface area contributed by atoms with E-state index in [9.17, 15) is 4.79 Å². The Kier molecular flexibility index (Phi) is 8.05. The Labute approximate surface area is 232 Å². The number of carbonyl (C=O) groups excluding carboxylic acids is 1. The lowest BCUT2D eigenvalue weighted by atomic mass is 9.83. The predicted octanol–water partition coefficient (Wildman–Crippen LogP) is 4.63. The van der Waals surface area contributed by atoms with Crippen LogP contribution in [-0.2, 0) is 30.7 Å². The van der Waals surface area contributed by atoms with Gasteiger partial charge in [0.1, 0.15) is 17.2 Å². The van der Waals surface area contributed by atoms with E-state index >= 15 is 0 Å². The van der Waals surface area contributed by atoms with E-state index in [0.29, 0.717) is 19.7 Å². The highest BCUT2D eigenvalue weighted by atomic mass is 16.5. The van der Waals surface area contributed by atoms with Crippen LogP contribution < -0.4 is 14.2 Å². The van der Waals surface area contributed by atoms with E-state index in [1.165, 1.54) is 11.1 Å². The van der Waals surface area contributed by atoms with Gasteiger partial charge in [-0.05, 0) is 60.6 Å². The minimum absolute atomic E-state index is 0.0572. The molecule has 3 aliphatic rings. The molecule has 0 radical (unpaired) electrons. The third-order valence-electron chi connectivity index (χ3n) is 8.58. The van der Waals surface area contributed by atoms with Crippen LogP contribution in [0.15, 0.2) is 42.1 Å². The predicted molar refractivity (Wildman–Crippen MR) is 150 cm³/mol. The third kappa shape index (κ3) is 5.08. The topological polar surface area (TPSA) is 63.7 Å². The molecule has 0 unspecified atom stereocenters. The summed E-state index contributed by atoms with van der Waals surface area (Å²) in [5, 5.41) is 0. The van der Waals surface area contributed by atoms with Crippen LogP contribution in [0.3, 0.4) is 0 Å². The van der Waals surface area contributed by atoms with Gasteiger partial charge in [-0.1, -0.05) is 19.1 Å². The Morgan fingerprint density at radius 3 is 2.28 bits per heavy atom. The Balaban J connectivity index is 1.42. The Morgan fingerprint density at radius 2 is 1.62 bits per heavy atom. The monoisotopic (exact) mass is 535 g/mol. The summed E-state index contributed by atoms with van der Waals surface area (Å²) in [5.41, 5.74) is 5.53. The molecule has 5 rings (SSSR count). The molecular weight excluding hydrogens is 494 g/mol. The van der Waals surface area contributed by atoms with Crippen molar-refractivity contribution in [1.82, 2.24) is 14.7 Å². The average Bonchev–Trinajstić information content (AvgIpc) is 3.08. The van der Waals surface area contributed by atoms with Crippen molar-refractivity contribution in [2.45, 2.75) is 51.2 Å². The highest BCUT2D eigenvalue weighted by Gasteiger charge is 2.54. The molecule has 210 valence electrons. The summed E-state index contributed by atoms with van der Waals surface area (Å²) >= 11 is 0. The first-order valence-corrected chi connectivity index (χ1v) is 13.9. The van der Waals surface area contributed by atoms with Gasteiger partial charge in [0, 0.05) is 50.6 Å². The lowest BCUT2D eigenvalue weighted by Crippen LogP contribution is -2.54. The minimum atomic E-state index is -0.339. The number of likely N-dealkylation sites (tertiary alicyclic amines) is 1. The number of carbonyl (C=O) groups is 1. The number of allylic oxidation sites excluding steroid dienone is 1. The van der Waals surface area contributed by atoms with Gasteiger partial charge >= 0.3 is 6.03 Å². The van der Waals surface area contributed by atoms with Crippen LogP contribution in [0.25, 0.3) is 0 Å². The zero-order valence-corrected chi connectivity index (χ0v) is 23.9. The van der Waals surface area contributed by atoms with Gasteiger partial charge in [-0.3, -0.25) is 9.80 Å². The van der Waals surface area contributed by atoms with E-state index in [2.05, 4.69) is 41.0 Å². The number of piperidine rings is 1. The number of aryl methyl sites for hydroxylation is 1. The lowest BCUT2D eigenvalue weighted by Gasteiger charge is -2.44. The molecule has 39 heavy (non-hydrogen) atoms. The number of nitrogens with zero attached hydrogens (tertiary/aromatic N) is 3. The number of methoxy groups -OCH3 is 4. The highest BCUT2D eigenvalue weighted by Crippen LogP contribution is 2.47. The van der Waals surface area contributed by atoms with Crippen molar-refractivity contribution in [3.63, 3.8) is 0 Å². The number of hydrogen-bond donors (Lipinski definition) is 0. The fraction of sp³-hybridized carbons (Fsp3) is 0.516. The Bertz CT molecular complexity index is 1210. The van der Waals surface area contributed by atoms with Gasteiger partial charge in [-0.25, -0.2) is 4.79 Å². The molecule has 2 fully saturated rings. The summed E-state index contributed by atoms with van der Waals surface area (Å²) in [6.07, 6.45) is 5.72. The van der Waals surface area contributed by atoms with Crippen LogP contribution in [-0.4, -0.2) is 81.0 Å². The van der Waals surface area contributed by atoms with E-state index in [0.717, 1.165) is 79.4 Å². The molecule has 2 saturated heterocycles. The van der Waals surface area contributed by atoms with Crippen molar-refractivity contribution in [1.29, 1.82) is 0 Å². The van der Waals surface area contributed by atoms with Crippen LogP contribution in [0, 0.1) is 0 Å². The maximum absolute atomic E-state index is 14.0. The first-order chi connectivity index (χ1) is 19.0. The average molecular weight is 536 g/mol. The molecule has 1 spiro atoms. The molecule has 0 saturated carbocycles. The van der Waals surface area contributed by atoms with Crippen molar-refractivity contribution in [3.05, 3.63) is 64.4 Å². The van der Waals surface area contributed by atoms with Gasteiger partial charge in [-0.15, -0.1) is 0 Å². The van der Waals surface area contributed by atoms with Crippen molar-refractivity contribution in [2.24, 2.45) is 0 Å². The molecule has 2 amide bonds. The number of benzene rings is 2. The zero-order chi connectivity index (χ0) is 27.6. The first-order valence-electron chi connectivity index (χ1n) is 13.9.